The highest BCUT2D eigenvalue weighted by Crippen LogP contribution is 1.93. The van der Waals surface area contributed by atoms with Gasteiger partial charge < -0.3 is 5.32 Å². The molecule has 0 aromatic heterocycles. The van der Waals surface area contributed by atoms with Crippen LogP contribution in [0.5, 0.6) is 0 Å². The van der Waals surface area contributed by atoms with Crippen molar-refractivity contribution in [2.45, 2.75) is 39.7 Å². The van der Waals surface area contributed by atoms with E-state index in [9.17, 15) is 4.79 Å². The fourth-order valence-electron chi connectivity index (χ4n) is 1.06. The number of carbonyl (C=O) groups excluding carboxylic acids is 1. The Balaban J connectivity index is 3.56. The summed E-state index contributed by atoms with van der Waals surface area (Å²) in [4.78, 5) is 11.3. The van der Waals surface area contributed by atoms with E-state index in [0.717, 1.165) is 12.8 Å². The molecule has 0 radical (unpaired) electrons. The second-order valence-electron chi connectivity index (χ2n) is 3.94. The lowest BCUT2D eigenvalue weighted by molar-refractivity contribution is -0.113. The maximum Gasteiger partial charge on any atom is 0.169 e. The SMILES string of the molecule is C/C=C/C=C\CC/C=C/C(=O)CNC(C)C. The number of carbonyl (C=O) groups is 1. The van der Waals surface area contributed by atoms with Crippen LogP contribution in [0.1, 0.15) is 33.6 Å². The highest BCUT2D eigenvalue weighted by atomic mass is 16.1. The molecule has 0 rings (SSSR count). The standard InChI is InChI=1S/C14H23NO/c1-4-5-6-7-8-9-10-11-14(16)12-15-13(2)3/h4-7,10-11,13,15H,8-9,12H2,1-3H3/b5-4+,7-6-,11-10+. The van der Waals surface area contributed by atoms with E-state index < -0.39 is 0 Å². The monoisotopic (exact) mass is 221 g/mol. The molecule has 0 heterocycles. The van der Waals surface area contributed by atoms with Gasteiger partial charge in [0.15, 0.2) is 5.78 Å². The molecule has 0 aromatic rings. The van der Waals surface area contributed by atoms with Gasteiger partial charge in [0.1, 0.15) is 0 Å². The van der Waals surface area contributed by atoms with Crippen molar-refractivity contribution in [1.29, 1.82) is 0 Å². The quantitative estimate of drug-likeness (QED) is 0.388. The largest absolute Gasteiger partial charge is 0.307 e. The summed E-state index contributed by atoms with van der Waals surface area (Å²) in [5.74, 6) is 0.145. The van der Waals surface area contributed by atoms with Crippen molar-refractivity contribution < 1.29 is 4.79 Å². The third kappa shape index (κ3) is 10.9. The Kier molecular flexibility index (Phi) is 9.63. The van der Waals surface area contributed by atoms with E-state index in [1.807, 2.05) is 45.1 Å². The Labute approximate surface area is 99.1 Å². The van der Waals surface area contributed by atoms with E-state index in [1.54, 1.807) is 6.08 Å². The Bertz CT molecular complexity index is 262. The minimum absolute atomic E-state index is 0.145. The fraction of sp³-hybridized carbons (Fsp3) is 0.500. The van der Waals surface area contributed by atoms with Crippen molar-refractivity contribution in [2.75, 3.05) is 6.54 Å². The van der Waals surface area contributed by atoms with Crippen LogP contribution < -0.4 is 5.32 Å². The summed E-state index contributed by atoms with van der Waals surface area (Å²) in [6.07, 6.45) is 13.6. The van der Waals surface area contributed by atoms with Crippen LogP contribution in [-0.2, 0) is 4.79 Å². The van der Waals surface area contributed by atoms with Gasteiger partial charge in [0.2, 0.25) is 0 Å². The maximum absolute atomic E-state index is 11.3. The molecule has 0 bridgehead atoms. The highest BCUT2D eigenvalue weighted by Gasteiger charge is 1.96. The van der Waals surface area contributed by atoms with Gasteiger partial charge in [0.25, 0.3) is 0 Å². The Hall–Kier alpha value is -1.15. The molecule has 0 saturated carbocycles. The van der Waals surface area contributed by atoms with Crippen molar-refractivity contribution >= 4 is 5.78 Å². The molecule has 0 spiro atoms. The van der Waals surface area contributed by atoms with Crippen LogP contribution >= 0.6 is 0 Å². The van der Waals surface area contributed by atoms with Gasteiger partial charge in [-0.1, -0.05) is 44.2 Å². The van der Waals surface area contributed by atoms with E-state index >= 15 is 0 Å². The summed E-state index contributed by atoms with van der Waals surface area (Å²) < 4.78 is 0. The van der Waals surface area contributed by atoms with Gasteiger partial charge in [-0.15, -0.1) is 0 Å². The minimum atomic E-state index is 0.145. The van der Waals surface area contributed by atoms with E-state index in [0.29, 0.717) is 12.6 Å². The molecule has 0 aliphatic carbocycles. The molecule has 1 N–H and O–H groups in total. The number of unbranched alkanes of at least 4 members (excludes halogenated alkanes) is 1. The molecule has 0 aromatic carbocycles. The zero-order valence-corrected chi connectivity index (χ0v) is 10.6. The first-order chi connectivity index (χ1) is 7.66. The molecular formula is C14H23NO. The molecule has 0 aliphatic rings. The van der Waals surface area contributed by atoms with Crippen LogP contribution in [0.4, 0.5) is 0 Å². The van der Waals surface area contributed by atoms with Crippen molar-refractivity contribution in [3.63, 3.8) is 0 Å². The van der Waals surface area contributed by atoms with Crippen molar-refractivity contribution in [2.24, 2.45) is 0 Å². The number of nitrogens with one attached hydrogen (secondary N) is 1. The number of ketones is 1. The molecule has 0 atom stereocenters. The summed E-state index contributed by atoms with van der Waals surface area (Å²) >= 11 is 0. The Morgan fingerprint density at radius 1 is 1.19 bits per heavy atom. The van der Waals surface area contributed by atoms with E-state index in [4.69, 9.17) is 0 Å². The smallest absolute Gasteiger partial charge is 0.169 e. The van der Waals surface area contributed by atoms with Gasteiger partial charge in [-0.2, -0.15) is 0 Å². The molecule has 90 valence electrons. The summed E-state index contributed by atoms with van der Waals surface area (Å²) in [6, 6.07) is 0.362. The fourth-order valence-corrected chi connectivity index (χ4v) is 1.06. The lowest BCUT2D eigenvalue weighted by atomic mass is 10.2. The van der Waals surface area contributed by atoms with E-state index in [1.165, 1.54) is 0 Å². The minimum Gasteiger partial charge on any atom is -0.307 e. The summed E-state index contributed by atoms with van der Waals surface area (Å²) in [6.45, 7) is 6.49. The molecule has 0 saturated heterocycles. The Morgan fingerprint density at radius 2 is 1.88 bits per heavy atom. The van der Waals surface area contributed by atoms with Crippen LogP contribution in [0, 0.1) is 0 Å². The second-order valence-corrected chi connectivity index (χ2v) is 3.94. The highest BCUT2D eigenvalue weighted by molar-refractivity contribution is 5.91. The first-order valence-corrected chi connectivity index (χ1v) is 5.87. The van der Waals surface area contributed by atoms with Gasteiger partial charge in [-0.05, 0) is 25.8 Å². The van der Waals surface area contributed by atoms with E-state index in [2.05, 4.69) is 11.4 Å². The van der Waals surface area contributed by atoms with E-state index in [-0.39, 0.29) is 5.78 Å². The summed E-state index contributed by atoms with van der Waals surface area (Å²) in [5, 5.41) is 3.09. The van der Waals surface area contributed by atoms with Gasteiger partial charge in [-0.25, -0.2) is 0 Å². The van der Waals surface area contributed by atoms with Crippen molar-refractivity contribution in [3.8, 4) is 0 Å². The first kappa shape index (κ1) is 14.8. The summed E-state index contributed by atoms with van der Waals surface area (Å²) in [5.41, 5.74) is 0. The van der Waals surface area contributed by atoms with Gasteiger partial charge >= 0.3 is 0 Å². The number of rotatable bonds is 8. The molecular weight excluding hydrogens is 198 g/mol. The van der Waals surface area contributed by atoms with Gasteiger partial charge in [0, 0.05) is 6.04 Å². The van der Waals surface area contributed by atoms with Crippen molar-refractivity contribution in [1.82, 2.24) is 5.32 Å². The average Bonchev–Trinajstić information content (AvgIpc) is 2.25. The molecule has 0 amide bonds. The van der Waals surface area contributed by atoms with Crippen LogP contribution in [-0.4, -0.2) is 18.4 Å². The Morgan fingerprint density at radius 3 is 2.50 bits per heavy atom. The van der Waals surface area contributed by atoms with Crippen LogP contribution in [0.3, 0.4) is 0 Å². The molecule has 2 nitrogen and oxygen atoms in total. The summed E-state index contributed by atoms with van der Waals surface area (Å²) in [7, 11) is 0. The van der Waals surface area contributed by atoms with Crippen molar-refractivity contribution in [3.05, 3.63) is 36.5 Å². The molecule has 0 unspecified atom stereocenters. The van der Waals surface area contributed by atoms with Crippen LogP contribution in [0.25, 0.3) is 0 Å². The molecule has 0 fully saturated rings. The predicted molar refractivity (Wildman–Crippen MR) is 70.5 cm³/mol. The molecule has 0 aliphatic heterocycles. The van der Waals surface area contributed by atoms with Gasteiger partial charge in [-0.3, -0.25) is 4.79 Å². The zero-order chi connectivity index (χ0) is 12.2. The number of allylic oxidation sites excluding steroid dienone is 5. The normalized spacial score (nSPS) is 12.5. The zero-order valence-electron chi connectivity index (χ0n) is 10.6. The lowest BCUT2D eigenvalue weighted by Crippen LogP contribution is -2.28. The van der Waals surface area contributed by atoms with Crippen LogP contribution in [0.15, 0.2) is 36.5 Å². The van der Waals surface area contributed by atoms with Crippen LogP contribution in [0.2, 0.25) is 0 Å². The lowest BCUT2D eigenvalue weighted by Gasteiger charge is -2.04. The number of hydrogen-bond donors (Lipinski definition) is 1. The maximum atomic E-state index is 11.3. The predicted octanol–water partition coefficient (Wildman–Crippen LogP) is 3.02. The number of hydrogen-bond acceptors (Lipinski definition) is 2. The molecule has 2 heteroatoms. The third-order valence-corrected chi connectivity index (χ3v) is 1.93. The average molecular weight is 221 g/mol. The molecule has 16 heavy (non-hydrogen) atoms. The van der Waals surface area contributed by atoms with Gasteiger partial charge in [0.05, 0.1) is 6.54 Å². The topological polar surface area (TPSA) is 29.1 Å². The second kappa shape index (κ2) is 10.4. The first-order valence-electron chi connectivity index (χ1n) is 5.87. The third-order valence-electron chi connectivity index (χ3n) is 1.93.